The summed E-state index contributed by atoms with van der Waals surface area (Å²) >= 11 is 6.73. The van der Waals surface area contributed by atoms with Gasteiger partial charge in [0, 0.05) is 12.5 Å². The van der Waals surface area contributed by atoms with Gasteiger partial charge in [-0.2, -0.15) is 4.98 Å². The van der Waals surface area contributed by atoms with Crippen molar-refractivity contribution in [2.45, 2.75) is 37.7 Å². The van der Waals surface area contributed by atoms with Crippen LogP contribution in [0.15, 0.2) is 0 Å². The minimum atomic E-state index is 0.179. The molecule has 2 aromatic heterocycles. The second-order valence-electron chi connectivity index (χ2n) is 5.06. The Kier molecular flexibility index (Phi) is 2.78. The Balaban J connectivity index is 1.77. The van der Waals surface area contributed by atoms with Gasteiger partial charge in [0.05, 0.1) is 10.6 Å². The minimum absolute atomic E-state index is 0.179. The van der Waals surface area contributed by atoms with E-state index < -0.39 is 0 Å². The summed E-state index contributed by atoms with van der Waals surface area (Å²) in [5, 5.41) is 6.99. The number of hydrogen-bond acceptors (Lipinski definition) is 5. The summed E-state index contributed by atoms with van der Waals surface area (Å²) in [5.74, 6) is 1.41. The number of thiazole rings is 1. The van der Waals surface area contributed by atoms with E-state index in [4.69, 9.17) is 21.9 Å². The number of nitrogens with one attached hydrogen (secondary N) is 2. The molecule has 1 aliphatic heterocycles. The average Bonchev–Trinajstić information content (AvgIpc) is 2.87. The molecule has 19 heavy (non-hydrogen) atoms. The first-order chi connectivity index (χ1) is 9.31. The second-order valence-corrected chi connectivity index (χ2v) is 6.48. The highest BCUT2D eigenvalue weighted by Crippen LogP contribution is 2.47. The zero-order valence-corrected chi connectivity index (χ0v) is 11.9. The lowest BCUT2D eigenvalue weighted by molar-refractivity contribution is 0.111. The topological polar surface area (TPSA) is 66.6 Å². The van der Waals surface area contributed by atoms with Crippen LogP contribution in [-0.2, 0) is 4.74 Å². The molecule has 2 aliphatic rings. The third kappa shape index (κ3) is 2.15. The fourth-order valence-electron chi connectivity index (χ4n) is 2.44. The van der Waals surface area contributed by atoms with Crippen LogP contribution in [-0.4, -0.2) is 26.8 Å². The van der Waals surface area contributed by atoms with Gasteiger partial charge in [-0.25, -0.2) is 4.98 Å². The Morgan fingerprint density at radius 3 is 2.74 bits per heavy atom. The Labute approximate surface area is 119 Å². The molecule has 100 valence electrons. The fraction of sp³-hybridized carbons (Fsp3) is 0.583. The van der Waals surface area contributed by atoms with E-state index in [-0.39, 0.29) is 6.10 Å². The quantitative estimate of drug-likeness (QED) is 0.852. The minimum Gasteiger partial charge on any atom is -0.371 e. The molecule has 2 fully saturated rings. The molecule has 7 heteroatoms. The van der Waals surface area contributed by atoms with Gasteiger partial charge in [-0.15, -0.1) is 11.3 Å². The van der Waals surface area contributed by atoms with Crippen molar-refractivity contribution in [3.8, 4) is 10.7 Å². The van der Waals surface area contributed by atoms with E-state index >= 15 is 0 Å². The van der Waals surface area contributed by atoms with Crippen LogP contribution in [0.1, 0.15) is 48.4 Å². The number of rotatable bonds is 3. The van der Waals surface area contributed by atoms with Crippen LogP contribution < -0.4 is 0 Å². The Morgan fingerprint density at radius 2 is 2.11 bits per heavy atom. The van der Waals surface area contributed by atoms with E-state index in [0.717, 1.165) is 35.2 Å². The SMILES string of the molecule is S=c1nc(-c2sc(C3CCCO3)nc2C2CC2)[nH][nH]1. The Bertz CT molecular complexity index is 649. The number of aromatic nitrogens is 4. The van der Waals surface area contributed by atoms with Crippen LogP contribution in [0.3, 0.4) is 0 Å². The molecule has 0 spiro atoms. The summed E-state index contributed by atoms with van der Waals surface area (Å²) < 4.78 is 6.23. The molecule has 0 aromatic carbocycles. The summed E-state index contributed by atoms with van der Waals surface area (Å²) in [5.41, 5.74) is 1.17. The van der Waals surface area contributed by atoms with Crippen molar-refractivity contribution in [1.29, 1.82) is 0 Å². The molecule has 5 nitrogen and oxygen atoms in total. The van der Waals surface area contributed by atoms with Gasteiger partial charge in [0.1, 0.15) is 11.1 Å². The first-order valence-electron chi connectivity index (χ1n) is 6.58. The molecule has 1 saturated heterocycles. The maximum Gasteiger partial charge on any atom is 0.213 e. The van der Waals surface area contributed by atoms with Gasteiger partial charge < -0.3 is 4.74 Å². The number of nitrogens with zero attached hydrogens (tertiary/aromatic N) is 2. The monoisotopic (exact) mass is 294 g/mol. The molecule has 1 atom stereocenters. The molecule has 0 radical (unpaired) electrons. The fourth-order valence-corrected chi connectivity index (χ4v) is 3.76. The largest absolute Gasteiger partial charge is 0.371 e. The summed E-state index contributed by atoms with van der Waals surface area (Å²) in [4.78, 5) is 10.3. The molecule has 1 saturated carbocycles. The van der Waals surface area contributed by atoms with Crippen molar-refractivity contribution in [1.82, 2.24) is 20.2 Å². The van der Waals surface area contributed by atoms with E-state index in [1.807, 2.05) is 0 Å². The van der Waals surface area contributed by atoms with Gasteiger partial charge in [-0.05, 0) is 37.9 Å². The summed E-state index contributed by atoms with van der Waals surface area (Å²) in [6, 6.07) is 0. The third-order valence-corrected chi connectivity index (χ3v) is 4.92. The van der Waals surface area contributed by atoms with Crippen LogP contribution >= 0.6 is 23.6 Å². The van der Waals surface area contributed by atoms with Gasteiger partial charge in [-0.1, -0.05) is 0 Å². The van der Waals surface area contributed by atoms with Gasteiger partial charge in [0.25, 0.3) is 0 Å². The summed E-state index contributed by atoms with van der Waals surface area (Å²) in [6.45, 7) is 0.850. The van der Waals surface area contributed by atoms with Crippen LogP contribution in [0.4, 0.5) is 0 Å². The van der Waals surface area contributed by atoms with Crippen molar-refractivity contribution in [3.63, 3.8) is 0 Å². The molecule has 4 rings (SSSR count). The highest BCUT2D eigenvalue weighted by atomic mass is 32.1. The molecule has 2 aromatic rings. The molecule has 1 unspecified atom stereocenters. The van der Waals surface area contributed by atoms with Gasteiger partial charge in [0.15, 0.2) is 5.82 Å². The summed E-state index contributed by atoms with van der Waals surface area (Å²) in [6.07, 6.45) is 4.84. The van der Waals surface area contributed by atoms with Gasteiger partial charge in [-0.3, -0.25) is 10.2 Å². The maximum atomic E-state index is 5.74. The second kappa shape index (κ2) is 4.50. The lowest BCUT2D eigenvalue weighted by Crippen LogP contribution is -1.95. The smallest absolute Gasteiger partial charge is 0.213 e. The predicted octanol–water partition coefficient (Wildman–Crippen LogP) is 3.32. The van der Waals surface area contributed by atoms with Crippen molar-refractivity contribution in [3.05, 3.63) is 15.5 Å². The zero-order valence-electron chi connectivity index (χ0n) is 10.3. The highest BCUT2D eigenvalue weighted by Gasteiger charge is 2.33. The average molecular weight is 294 g/mol. The standard InChI is InChI=1S/C12H14N4OS2/c18-12-14-10(15-16-12)9-8(6-3-4-6)13-11(19-9)7-2-1-5-17-7/h6-7H,1-5H2,(H2,14,15,16,18). The number of ether oxygens (including phenoxy) is 1. The first-order valence-corrected chi connectivity index (χ1v) is 7.81. The van der Waals surface area contributed by atoms with E-state index in [0.29, 0.717) is 10.7 Å². The normalized spacial score (nSPS) is 23.1. The molecule has 2 N–H and O–H groups in total. The van der Waals surface area contributed by atoms with Crippen molar-refractivity contribution in [2.75, 3.05) is 6.61 Å². The van der Waals surface area contributed by atoms with Crippen molar-refractivity contribution >= 4 is 23.6 Å². The third-order valence-electron chi connectivity index (χ3n) is 3.56. The molecule has 1 aliphatic carbocycles. The van der Waals surface area contributed by atoms with Crippen LogP contribution in [0.25, 0.3) is 10.7 Å². The van der Waals surface area contributed by atoms with Gasteiger partial charge >= 0.3 is 0 Å². The van der Waals surface area contributed by atoms with Gasteiger partial charge in [0.2, 0.25) is 4.77 Å². The van der Waals surface area contributed by atoms with Crippen LogP contribution in [0.5, 0.6) is 0 Å². The number of aromatic amines is 2. The van der Waals surface area contributed by atoms with E-state index in [2.05, 4.69) is 15.2 Å². The molecule has 0 amide bonds. The lowest BCUT2D eigenvalue weighted by Gasteiger charge is -2.03. The van der Waals surface area contributed by atoms with Crippen LogP contribution in [0, 0.1) is 4.77 Å². The highest BCUT2D eigenvalue weighted by molar-refractivity contribution is 7.71. The summed E-state index contributed by atoms with van der Waals surface area (Å²) in [7, 11) is 0. The Morgan fingerprint density at radius 1 is 1.21 bits per heavy atom. The predicted molar refractivity (Wildman–Crippen MR) is 74.8 cm³/mol. The lowest BCUT2D eigenvalue weighted by atomic mass is 10.2. The van der Waals surface area contributed by atoms with E-state index in [1.165, 1.54) is 18.5 Å². The van der Waals surface area contributed by atoms with Crippen molar-refractivity contribution < 1.29 is 4.74 Å². The molecular formula is C12H14N4OS2. The first kappa shape index (κ1) is 11.7. The maximum absolute atomic E-state index is 5.74. The number of H-pyrrole nitrogens is 2. The van der Waals surface area contributed by atoms with E-state index in [1.54, 1.807) is 11.3 Å². The molecular weight excluding hydrogens is 280 g/mol. The zero-order chi connectivity index (χ0) is 12.8. The van der Waals surface area contributed by atoms with E-state index in [9.17, 15) is 0 Å². The molecule has 0 bridgehead atoms. The van der Waals surface area contributed by atoms with Crippen LogP contribution in [0.2, 0.25) is 0 Å². The molecule has 3 heterocycles. The number of hydrogen-bond donors (Lipinski definition) is 2. The Hall–Kier alpha value is -1.05. The van der Waals surface area contributed by atoms with Crippen molar-refractivity contribution in [2.24, 2.45) is 0 Å².